The average molecular weight is 291 g/mol. The third-order valence-corrected chi connectivity index (χ3v) is 4.31. The molecule has 3 rings (SSSR count). The summed E-state index contributed by atoms with van der Waals surface area (Å²) in [6.45, 7) is 2.52. The molecule has 1 fully saturated rings. The van der Waals surface area contributed by atoms with Crippen LogP contribution in [0.2, 0.25) is 5.02 Å². The van der Waals surface area contributed by atoms with E-state index < -0.39 is 11.5 Å². The van der Waals surface area contributed by atoms with Gasteiger partial charge in [0.1, 0.15) is 5.54 Å². The molecule has 1 aliphatic rings. The summed E-state index contributed by atoms with van der Waals surface area (Å²) in [7, 11) is 0. The molecule has 1 aromatic heterocycles. The Morgan fingerprint density at radius 2 is 2.25 bits per heavy atom. The monoisotopic (exact) mass is 290 g/mol. The average Bonchev–Trinajstić information content (AvgIpc) is 2.81. The summed E-state index contributed by atoms with van der Waals surface area (Å²) in [5, 5.41) is 11.1. The minimum Gasteiger partial charge on any atom is -0.480 e. The number of fused-ring (bicyclic) bond motifs is 1. The Morgan fingerprint density at radius 1 is 1.45 bits per heavy atom. The molecule has 1 unspecified atom stereocenters. The zero-order valence-corrected chi connectivity index (χ0v) is 11.9. The lowest BCUT2D eigenvalue weighted by Gasteiger charge is -2.33. The molecule has 0 aliphatic carbocycles. The van der Waals surface area contributed by atoms with Crippen LogP contribution in [0.4, 0.5) is 5.69 Å². The molecule has 1 aliphatic heterocycles. The molecular formula is C15H15ClN2O2. The van der Waals surface area contributed by atoms with Crippen molar-refractivity contribution in [3.63, 3.8) is 0 Å². The fourth-order valence-electron chi connectivity index (χ4n) is 2.91. The largest absolute Gasteiger partial charge is 0.480 e. The van der Waals surface area contributed by atoms with Gasteiger partial charge in [0.05, 0.1) is 5.52 Å². The maximum absolute atomic E-state index is 11.6. The van der Waals surface area contributed by atoms with Gasteiger partial charge in [-0.05, 0) is 44.0 Å². The number of benzene rings is 1. The number of rotatable bonds is 2. The third-order valence-electron chi connectivity index (χ3n) is 4.07. The minimum absolute atomic E-state index is 0.629. The van der Waals surface area contributed by atoms with E-state index in [0.717, 1.165) is 29.6 Å². The normalized spacial score (nSPS) is 22.4. The number of carbonyl (C=O) groups is 1. The van der Waals surface area contributed by atoms with Gasteiger partial charge in [-0.3, -0.25) is 4.98 Å². The summed E-state index contributed by atoms with van der Waals surface area (Å²) < 4.78 is 0. The second-order valence-electron chi connectivity index (χ2n) is 5.33. The SMILES string of the molecule is CC1(C(=O)O)CCCN1c1ccnc2cc(Cl)ccc12. The van der Waals surface area contributed by atoms with E-state index in [2.05, 4.69) is 4.98 Å². The van der Waals surface area contributed by atoms with Crippen molar-refractivity contribution in [2.75, 3.05) is 11.4 Å². The summed E-state index contributed by atoms with van der Waals surface area (Å²) in [6, 6.07) is 7.39. The van der Waals surface area contributed by atoms with Gasteiger partial charge in [-0.1, -0.05) is 11.6 Å². The van der Waals surface area contributed by atoms with E-state index in [1.54, 1.807) is 19.2 Å². The molecule has 5 heteroatoms. The van der Waals surface area contributed by atoms with Crippen molar-refractivity contribution < 1.29 is 9.90 Å². The first-order valence-corrected chi connectivity index (χ1v) is 6.95. The Hall–Kier alpha value is -1.81. The van der Waals surface area contributed by atoms with Gasteiger partial charge >= 0.3 is 5.97 Å². The lowest BCUT2D eigenvalue weighted by Crippen LogP contribution is -2.48. The molecule has 1 N–H and O–H groups in total. The Bertz CT molecular complexity index is 689. The standard InChI is InChI=1S/C15H15ClN2O2/c1-15(14(19)20)6-2-8-18(15)13-5-7-17-12-9-10(16)3-4-11(12)13/h3-5,7,9H,2,6,8H2,1H3,(H,19,20). The quantitative estimate of drug-likeness (QED) is 0.922. The van der Waals surface area contributed by atoms with E-state index in [9.17, 15) is 9.90 Å². The summed E-state index contributed by atoms with van der Waals surface area (Å²) in [5.74, 6) is -0.783. The maximum atomic E-state index is 11.6. The Balaban J connectivity index is 2.17. The second-order valence-corrected chi connectivity index (χ2v) is 5.76. The van der Waals surface area contributed by atoms with E-state index in [4.69, 9.17) is 11.6 Å². The van der Waals surface area contributed by atoms with Crippen molar-refractivity contribution in [1.82, 2.24) is 4.98 Å². The number of nitrogens with zero attached hydrogens (tertiary/aromatic N) is 2. The molecule has 2 heterocycles. The zero-order valence-electron chi connectivity index (χ0n) is 11.1. The first kappa shape index (κ1) is 13.2. The van der Waals surface area contributed by atoms with Crippen molar-refractivity contribution in [2.24, 2.45) is 0 Å². The van der Waals surface area contributed by atoms with Crippen LogP contribution < -0.4 is 4.90 Å². The number of anilines is 1. The zero-order chi connectivity index (χ0) is 14.3. The van der Waals surface area contributed by atoms with Crippen molar-refractivity contribution in [2.45, 2.75) is 25.3 Å². The third kappa shape index (κ3) is 1.91. The fourth-order valence-corrected chi connectivity index (χ4v) is 3.08. The Labute approximate surface area is 122 Å². The molecular weight excluding hydrogens is 276 g/mol. The number of aliphatic carboxylic acids is 1. The molecule has 1 aromatic carbocycles. The van der Waals surface area contributed by atoms with Crippen LogP contribution in [0.15, 0.2) is 30.5 Å². The van der Waals surface area contributed by atoms with Gasteiger partial charge in [-0.2, -0.15) is 0 Å². The number of halogens is 1. The smallest absolute Gasteiger partial charge is 0.329 e. The molecule has 0 radical (unpaired) electrons. The highest BCUT2D eigenvalue weighted by atomic mass is 35.5. The molecule has 0 spiro atoms. The second kappa shape index (κ2) is 4.63. The first-order valence-electron chi connectivity index (χ1n) is 6.58. The van der Waals surface area contributed by atoms with Crippen molar-refractivity contribution in [3.8, 4) is 0 Å². The van der Waals surface area contributed by atoms with E-state index >= 15 is 0 Å². The molecule has 0 saturated carbocycles. The van der Waals surface area contributed by atoms with Crippen LogP contribution in [0, 0.1) is 0 Å². The minimum atomic E-state index is -0.853. The number of pyridine rings is 1. The van der Waals surface area contributed by atoms with Crippen LogP contribution in [-0.2, 0) is 4.79 Å². The van der Waals surface area contributed by atoms with Crippen LogP contribution in [0.1, 0.15) is 19.8 Å². The summed E-state index contributed by atoms with van der Waals surface area (Å²) in [6.07, 6.45) is 3.23. The van der Waals surface area contributed by atoms with Gasteiger partial charge < -0.3 is 10.0 Å². The maximum Gasteiger partial charge on any atom is 0.329 e. The van der Waals surface area contributed by atoms with E-state index in [-0.39, 0.29) is 0 Å². The highest BCUT2D eigenvalue weighted by molar-refractivity contribution is 6.31. The van der Waals surface area contributed by atoms with Crippen LogP contribution in [0.3, 0.4) is 0 Å². The molecule has 104 valence electrons. The molecule has 1 saturated heterocycles. The van der Waals surface area contributed by atoms with Gasteiger partial charge in [-0.25, -0.2) is 4.79 Å². The number of carboxylic acid groups (broad SMARTS) is 1. The lowest BCUT2D eigenvalue weighted by molar-refractivity contribution is -0.142. The molecule has 4 nitrogen and oxygen atoms in total. The Kier molecular flexibility index (Phi) is 3.05. The topological polar surface area (TPSA) is 53.4 Å². The lowest BCUT2D eigenvalue weighted by atomic mass is 9.98. The van der Waals surface area contributed by atoms with Crippen molar-refractivity contribution in [1.29, 1.82) is 0 Å². The molecule has 0 amide bonds. The predicted octanol–water partition coefficient (Wildman–Crippen LogP) is 3.33. The van der Waals surface area contributed by atoms with Crippen LogP contribution in [0.25, 0.3) is 10.9 Å². The predicted molar refractivity (Wildman–Crippen MR) is 79.4 cm³/mol. The molecule has 1 atom stereocenters. The summed E-state index contributed by atoms with van der Waals surface area (Å²) in [5.41, 5.74) is 0.845. The first-order chi connectivity index (χ1) is 9.52. The number of carboxylic acids is 1. The van der Waals surface area contributed by atoms with E-state index in [1.165, 1.54) is 0 Å². The van der Waals surface area contributed by atoms with Gasteiger partial charge in [0.15, 0.2) is 0 Å². The highest BCUT2D eigenvalue weighted by Gasteiger charge is 2.43. The van der Waals surface area contributed by atoms with E-state index in [0.29, 0.717) is 11.4 Å². The molecule has 0 bridgehead atoms. The van der Waals surface area contributed by atoms with Crippen molar-refractivity contribution >= 4 is 34.2 Å². The number of hydrogen-bond acceptors (Lipinski definition) is 3. The van der Waals surface area contributed by atoms with Gasteiger partial charge in [-0.15, -0.1) is 0 Å². The van der Waals surface area contributed by atoms with Gasteiger partial charge in [0.2, 0.25) is 0 Å². The summed E-state index contributed by atoms with van der Waals surface area (Å²) in [4.78, 5) is 17.9. The van der Waals surface area contributed by atoms with Gasteiger partial charge in [0, 0.05) is 28.8 Å². The van der Waals surface area contributed by atoms with E-state index in [1.807, 2.05) is 23.1 Å². The van der Waals surface area contributed by atoms with Crippen LogP contribution >= 0.6 is 11.6 Å². The van der Waals surface area contributed by atoms with Gasteiger partial charge in [0.25, 0.3) is 0 Å². The molecule has 20 heavy (non-hydrogen) atoms. The fraction of sp³-hybridized carbons (Fsp3) is 0.333. The van der Waals surface area contributed by atoms with Crippen LogP contribution in [-0.4, -0.2) is 28.1 Å². The summed E-state index contributed by atoms with van der Waals surface area (Å²) >= 11 is 5.99. The van der Waals surface area contributed by atoms with Crippen molar-refractivity contribution in [3.05, 3.63) is 35.5 Å². The Morgan fingerprint density at radius 3 is 3.00 bits per heavy atom. The number of aromatic nitrogens is 1. The number of hydrogen-bond donors (Lipinski definition) is 1. The molecule has 2 aromatic rings. The highest BCUT2D eigenvalue weighted by Crippen LogP contribution is 2.37. The van der Waals surface area contributed by atoms with Crippen LogP contribution in [0.5, 0.6) is 0 Å².